The van der Waals surface area contributed by atoms with Crippen molar-refractivity contribution in [2.24, 2.45) is 5.92 Å². The van der Waals surface area contributed by atoms with Gasteiger partial charge in [-0.1, -0.05) is 33.6 Å². The summed E-state index contributed by atoms with van der Waals surface area (Å²) in [5, 5.41) is 3.54. The number of rotatable bonds is 7. The largest absolute Gasteiger partial charge is 0.469 e. The van der Waals surface area contributed by atoms with Crippen LogP contribution < -0.4 is 5.32 Å². The summed E-state index contributed by atoms with van der Waals surface area (Å²) in [7, 11) is 0. The Morgan fingerprint density at radius 3 is 2.56 bits per heavy atom. The third-order valence-electron chi connectivity index (χ3n) is 3.00. The van der Waals surface area contributed by atoms with Crippen LogP contribution in [0.4, 0.5) is 0 Å². The van der Waals surface area contributed by atoms with Gasteiger partial charge in [0.05, 0.1) is 6.26 Å². The van der Waals surface area contributed by atoms with Gasteiger partial charge in [0.15, 0.2) is 0 Å². The Kier molecular flexibility index (Phi) is 5.61. The molecule has 0 bridgehead atoms. The molecular weight excluding hydrogens is 198 g/mol. The molecule has 0 aliphatic heterocycles. The minimum absolute atomic E-state index is 0.461. The van der Waals surface area contributed by atoms with Crippen LogP contribution in [0.3, 0.4) is 0 Å². The molecule has 1 atom stereocenters. The van der Waals surface area contributed by atoms with E-state index in [0.29, 0.717) is 6.04 Å². The zero-order chi connectivity index (χ0) is 12.0. The van der Waals surface area contributed by atoms with Crippen LogP contribution >= 0.6 is 0 Å². The van der Waals surface area contributed by atoms with Crippen molar-refractivity contribution in [3.8, 4) is 0 Å². The molecule has 92 valence electrons. The van der Waals surface area contributed by atoms with Crippen molar-refractivity contribution in [3.05, 3.63) is 23.7 Å². The Bertz CT molecular complexity index is 291. The molecule has 0 fully saturated rings. The van der Waals surface area contributed by atoms with E-state index in [4.69, 9.17) is 4.42 Å². The Morgan fingerprint density at radius 1 is 1.31 bits per heavy atom. The van der Waals surface area contributed by atoms with Gasteiger partial charge < -0.3 is 9.73 Å². The van der Waals surface area contributed by atoms with Gasteiger partial charge in [-0.2, -0.15) is 0 Å². The minimum atomic E-state index is 0.461. The molecule has 0 amide bonds. The van der Waals surface area contributed by atoms with Crippen molar-refractivity contribution in [1.82, 2.24) is 5.32 Å². The minimum Gasteiger partial charge on any atom is -0.469 e. The number of nitrogens with one attached hydrogen (secondary N) is 1. The Balaban J connectivity index is 2.51. The van der Waals surface area contributed by atoms with Gasteiger partial charge in [-0.05, 0) is 31.9 Å². The molecule has 1 aromatic heterocycles. The molecule has 1 rings (SSSR count). The number of hydrogen-bond acceptors (Lipinski definition) is 2. The second-order valence-electron chi connectivity index (χ2n) is 4.87. The molecule has 0 aliphatic carbocycles. The lowest BCUT2D eigenvalue weighted by atomic mass is 9.98. The van der Waals surface area contributed by atoms with E-state index in [-0.39, 0.29) is 0 Å². The summed E-state index contributed by atoms with van der Waals surface area (Å²) < 4.78 is 5.38. The van der Waals surface area contributed by atoms with Gasteiger partial charge in [-0.15, -0.1) is 0 Å². The van der Waals surface area contributed by atoms with Gasteiger partial charge >= 0.3 is 0 Å². The van der Waals surface area contributed by atoms with Gasteiger partial charge in [0.1, 0.15) is 5.76 Å². The normalized spacial score (nSPS) is 13.3. The van der Waals surface area contributed by atoms with Gasteiger partial charge in [-0.3, -0.25) is 0 Å². The first kappa shape index (κ1) is 13.3. The first-order chi connectivity index (χ1) is 7.65. The van der Waals surface area contributed by atoms with Crippen LogP contribution in [0, 0.1) is 12.8 Å². The number of furan rings is 1. The summed E-state index contributed by atoms with van der Waals surface area (Å²) in [6, 6.07) is 2.56. The number of aryl methyl sites for hydroxylation is 1. The van der Waals surface area contributed by atoms with E-state index in [2.05, 4.69) is 32.2 Å². The first-order valence-corrected chi connectivity index (χ1v) is 6.42. The third-order valence-corrected chi connectivity index (χ3v) is 3.00. The molecule has 0 radical (unpaired) electrons. The summed E-state index contributed by atoms with van der Waals surface area (Å²) in [5.74, 6) is 1.85. The van der Waals surface area contributed by atoms with Crippen molar-refractivity contribution in [2.45, 2.75) is 53.0 Å². The second-order valence-corrected chi connectivity index (χ2v) is 4.87. The highest BCUT2D eigenvalue weighted by atomic mass is 16.3. The lowest BCUT2D eigenvalue weighted by Gasteiger charge is -2.17. The summed E-state index contributed by atoms with van der Waals surface area (Å²) in [6.07, 6.45) is 5.57. The highest BCUT2D eigenvalue weighted by Gasteiger charge is 2.14. The SMILES string of the molecule is CCNC(CCCC(C)C)c1ccoc1C. The van der Waals surface area contributed by atoms with Crippen LogP contribution in [0.25, 0.3) is 0 Å². The molecule has 1 aromatic rings. The number of hydrogen-bond donors (Lipinski definition) is 1. The predicted molar refractivity (Wildman–Crippen MR) is 68.6 cm³/mol. The molecule has 1 unspecified atom stereocenters. The van der Waals surface area contributed by atoms with Gasteiger partial charge in [0.25, 0.3) is 0 Å². The standard InChI is InChI=1S/C14H25NO/c1-5-15-14(8-6-7-11(2)3)13-9-10-16-12(13)4/h9-11,14-15H,5-8H2,1-4H3. The lowest BCUT2D eigenvalue weighted by Crippen LogP contribution is -2.21. The summed E-state index contributed by atoms with van der Waals surface area (Å²) in [6.45, 7) is 9.78. The van der Waals surface area contributed by atoms with Crippen LogP contribution in [0.15, 0.2) is 16.7 Å². The van der Waals surface area contributed by atoms with Crippen LogP contribution in [0.1, 0.15) is 57.4 Å². The monoisotopic (exact) mass is 223 g/mol. The average molecular weight is 223 g/mol. The average Bonchev–Trinajstić information content (AvgIpc) is 2.63. The Morgan fingerprint density at radius 2 is 2.06 bits per heavy atom. The smallest absolute Gasteiger partial charge is 0.105 e. The van der Waals surface area contributed by atoms with E-state index in [1.165, 1.54) is 24.8 Å². The van der Waals surface area contributed by atoms with Gasteiger partial charge in [0.2, 0.25) is 0 Å². The molecule has 1 heterocycles. The summed E-state index contributed by atoms with van der Waals surface area (Å²) in [5.41, 5.74) is 1.32. The van der Waals surface area contributed by atoms with E-state index in [1.807, 2.05) is 6.92 Å². The zero-order valence-corrected chi connectivity index (χ0v) is 11.0. The topological polar surface area (TPSA) is 25.2 Å². The van der Waals surface area contributed by atoms with Crippen molar-refractivity contribution in [3.63, 3.8) is 0 Å². The van der Waals surface area contributed by atoms with Gasteiger partial charge in [0, 0.05) is 11.6 Å². The molecule has 0 aromatic carbocycles. The molecule has 0 aliphatic rings. The van der Waals surface area contributed by atoms with Crippen molar-refractivity contribution in [2.75, 3.05) is 6.54 Å². The Hall–Kier alpha value is -0.760. The molecule has 0 saturated carbocycles. The van der Waals surface area contributed by atoms with Crippen molar-refractivity contribution < 1.29 is 4.42 Å². The molecule has 2 heteroatoms. The van der Waals surface area contributed by atoms with Crippen molar-refractivity contribution >= 4 is 0 Å². The molecule has 0 spiro atoms. The molecular formula is C14H25NO. The maximum atomic E-state index is 5.38. The zero-order valence-electron chi connectivity index (χ0n) is 11.0. The van der Waals surface area contributed by atoms with Crippen LogP contribution in [-0.4, -0.2) is 6.54 Å². The Labute approximate surface area is 99.4 Å². The second kappa shape index (κ2) is 6.74. The predicted octanol–water partition coefficient (Wildman–Crippen LogP) is 4.06. The molecule has 16 heavy (non-hydrogen) atoms. The fraction of sp³-hybridized carbons (Fsp3) is 0.714. The molecule has 2 nitrogen and oxygen atoms in total. The molecule has 0 saturated heterocycles. The summed E-state index contributed by atoms with van der Waals surface area (Å²) in [4.78, 5) is 0. The maximum Gasteiger partial charge on any atom is 0.105 e. The van der Waals surface area contributed by atoms with Gasteiger partial charge in [-0.25, -0.2) is 0 Å². The highest BCUT2D eigenvalue weighted by Crippen LogP contribution is 2.24. The van der Waals surface area contributed by atoms with E-state index < -0.39 is 0 Å². The fourth-order valence-corrected chi connectivity index (χ4v) is 2.10. The lowest BCUT2D eigenvalue weighted by molar-refractivity contribution is 0.445. The maximum absolute atomic E-state index is 5.38. The van der Waals surface area contributed by atoms with Crippen LogP contribution in [-0.2, 0) is 0 Å². The third kappa shape index (κ3) is 4.01. The highest BCUT2D eigenvalue weighted by molar-refractivity contribution is 5.20. The van der Waals surface area contributed by atoms with Crippen LogP contribution in [0.5, 0.6) is 0 Å². The van der Waals surface area contributed by atoms with E-state index >= 15 is 0 Å². The molecule has 1 N–H and O–H groups in total. The van der Waals surface area contributed by atoms with E-state index in [0.717, 1.165) is 18.2 Å². The van der Waals surface area contributed by atoms with Crippen molar-refractivity contribution in [1.29, 1.82) is 0 Å². The fourth-order valence-electron chi connectivity index (χ4n) is 2.10. The summed E-state index contributed by atoms with van der Waals surface area (Å²) >= 11 is 0. The first-order valence-electron chi connectivity index (χ1n) is 6.42. The van der Waals surface area contributed by atoms with Crippen LogP contribution in [0.2, 0.25) is 0 Å². The van der Waals surface area contributed by atoms with E-state index in [9.17, 15) is 0 Å². The van der Waals surface area contributed by atoms with E-state index in [1.54, 1.807) is 6.26 Å². The quantitative estimate of drug-likeness (QED) is 0.754.